The summed E-state index contributed by atoms with van der Waals surface area (Å²) in [5.74, 6) is 0.175. The molecule has 0 spiro atoms. The Morgan fingerprint density at radius 2 is 2.21 bits per heavy atom. The lowest BCUT2D eigenvalue weighted by molar-refractivity contribution is -0.121. The molecule has 3 nitrogen and oxygen atoms in total. The maximum absolute atomic E-state index is 11.3. The smallest absolute Gasteiger partial charge is 0.232 e. The molecule has 2 aliphatic rings. The third-order valence-corrected chi connectivity index (χ3v) is 2.61. The van der Waals surface area contributed by atoms with Crippen molar-refractivity contribution >= 4 is 11.7 Å². The molecule has 1 aliphatic heterocycles. The van der Waals surface area contributed by atoms with Crippen LogP contribution in [0.5, 0.6) is 0 Å². The zero-order valence-electron chi connectivity index (χ0n) is 7.95. The molecule has 1 N–H and O–H groups in total. The topological polar surface area (TPSA) is 46.2 Å². The van der Waals surface area contributed by atoms with Gasteiger partial charge in [0.25, 0.3) is 0 Å². The number of amides is 1. The molecule has 0 bridgehead atoms. The highest BCUT2D eigenvalue weighted by Gasteiger charge is 2.24. The molecule has 1 unspecified atom stereocenters. The number of nitrogens with one attached hydrogen (secondary N) is 1. The van der Waals surface area contributed by atoms with E-state index in [1.54, 1.807) is 0 Å². The summed E-state index contributed by atoms with van der Waals surface area (Å²) < 4.78 is 0. The van der Waals surface area contributed by atoms with E-state index in [0.29, 0.717) is 11.6 Å². The maximum atomic E-state index is 11.3. The summed E-state index contributed by atoms with van der Waals surface area (Å²) in [5, 5.41) is 2.60. The van der Waals surface area contributed by atoms with Gasteiger partial charge in [-0.1, -0.05) is 18.2 Å². The molecule has 1 heterocycles. The Hall–Kier alpha value is -1.38. The molecule has 0 aromatic rings. The molecule has 14 heavy (non-hydrogen) atoms. The van der Waals surface area contributed by atoms with Crippen LogP contribution >= 0.6 is 0 Å². The summed E-state index contributed by atoms with van der Waals surface area (Å²) >= 11 is 0. The Labute approximate surface area is 82.9 Å². The summed E-state index contributed by atoms with van der Waals surface area (Å²) in [6.45, 7) is 0. The summed E-state index contributed by atoms with van der Waals surface area (Å²) in [7, 11) is 0. The van der Waals surface area contributed by atoms with E-state index in [2.05, 4.69) is 17.5 Å². The highest BCUT2D eigenvalue weighted by atomic mass is 16.2. The maximum Gasteiger partial charge on any atom is 0.232 e. The van der Waals surface area contributed by atoms with Crippen molar-refractivity contribution in [2.45, 2.75) is 25.7 Å². The first-order chi connectivity index (χ1) is 6.75. The second-order valence-electron chi connectivity index (χ2n) is 3.77. The lowest BCUT2D eigenvalue weighted by atomic mass is 9.93. The van der Waals surface area contributed by atoms with E-state index in [1.807, 2.05) is 6.08 Å². The molecule has 0 aromatic heterocycles. The van der Waals surface area contributed by atoms with Gasteiger partial charge in [-0.3, -0.25) is 9.59 Å². The van der Waals surface area contributed by atoms with Gasteiger partial charge in [0.2, 0.25) is 5.91 Å². The van der Waals surface area contributed by atoms with Crippen molar-refractivity contribution in [2.24, 2.45) is 5.92 Å². The molecule has 2 rings (SSSR count). The summed E-state index contributed by atoms with van der Waals surface area (Å²) in [6.07, 6.45) is 9.34. The molecule has 1 aliphatic carbocycles. The molecular weight excluding hydrogens is 178 g/mol. The average Bonchev–Trinajstić information content (AvgIpc) is 2.47. The SMILES string of the molecule is O=C1CC(=O)/C(=C/C2CC=CCC2)N1. The first-order valence-electron chi connectivity index (χ1n) is 4.95. The van der Waals surface area contributed by atoms with Crippen molar-refractivity contribution < 1.29 is 9.59 Å². The lowest BCUT2D eigenvalue weighted by Gasteiger charge is -2.13. The number of ketones is 1. The predicted octanol–water partition coefficient (Wildman–Crippen LogP) is 1.32. The first-order valence-corrected chi connectivity index (χ1v) is 4.95. The Bertz CT molecular complexity index is 328. The van der Waals surface area contributed by atoms with Crippen LogP contribution in [-0.4, -0.2) is 11.7 Å². The minimum absolute atomic E-state index is 0.0222. The van der Waals surface area contributed by atoms with Crippen LogP contribution in [0.25, 0.3) is 0 Å². The molecule has 1 amide bonds. The van der Waals surface area contributed by atoms with Gasteiger partial charge in [-0.2, -0.15) is 0 Å². The second-order valence-corrected chi connectivity index (χ2v) is 3.77. The van der Waals surface area contributed by atoms with Crippen molar-refractivity contribution in [1.29, 1.82) is 0 Å². The van der Waals surface area contributed by atoms with E-state index < -0.39 is 0 Å². The summed E-state index contributed by atoms with van der Waals surface area (Å²) in [6, 6.07) is 0. The van der Waals surface area contributed by atoms with Crippen molar-refractivity contribution in [3.05, 3.63) is 23.9 Å². The third kappa shape index (κ3) is 1.92. The molecule has 0 aromatic carbocycles. The number of hydrogen-bond donors (Lipinski definition) is 1. The van der Waals surface area contributed by atoms with Gasteiger partial charge in [0.15, 0.2) is 5.78 Å². The highest BCUT2D eigenvalue weighted by molar-refractivity contribution is 6.14. The van der Waals surface area contributed by atoms with Crippen LogP contribution in [0.15, 0.2) is 23.9 Å². The van der Waals surface area contributed by atoms with Gasteiger partial charge in [0.05, 0.1) is 12.1 Å². The van der Waals surface area contributed by atoms with Crippen LogP contribution in [0, 0.1) is 5.92 Å². The van der Waals surface area contributed by atoms with Crippen LogP contribution in [0.3, 0.4) is 0 Å². The molecule has 3 heteroatoms. The van der Waals surface area contributed by atoms with Gasteiger partial charge in [0.1, 0.15) is 0 Å². The number of hydrogen-bond acceptors (Lipinski definition) is 2. The van der Waals surface area contributed by atoms with Crippen molar-refractivity contribution in [3.63, 3.8) is 0 Å². The van der Waals surface area contributed by atoms with E-state index in [-0.39, 0.29) is 18.1 Å². The third-order valence-electron chi connectivity index (χ3n) is 2.61. The van der Waals surface area contributed by atoms with E-state index in [9.17, 15) is 9.59 Å². The molecule has 74 valence electrons. The van der Waals surface area contributed by atoms with Gasteiger partial charge in [-0.25, -0.2) is 0 Å². The normalized spacial score (nSPS) is 29.7. The fraction of sp³-hybridized carbons (Fsp3) is 0.455. The van der Waals surface area contributed by atoms with Crippen molar-refractivity contribution in [3.8, 4) is 0 Å². The Kier molecular flexibility index (Phi) is 2.48. The summed E-state index contributed by atoms with van der Waals surface area (Å²) in [4.78, 5) is 22.2. The van der Waals surface area contributed by atoms with E-state index in [1.165, 1.54) is 0 Å². The molecular formula is C11H13NO2. The van der Waals surface area contributed by atoms with Gasteiger partial charge in [0, 0.05) is 0 Å². The number of Topliss-reactive ketones (excluding diaryl/α,β-unsaturated/α-hetero) is 1. The fourth-order valence-corrected chi connectivity index (χ4v) is 1.84. The zero-order valence-corrected chi connectivity index (χ0v) is 7.95. The average molecular weight is 191 g/mol. The van der Waals surface area contributed by atoms with Gasteiger partial charge in [-0.05, 0) is 25.2 Å². The number of carbonyl (C=O) groups is 2. The molecule has 1 atom stereocenters. The molecule has 1 saturated heterocycles. The first kappa shape index (κ1) is 9.19. The minimum Gasteiger partial charge on any atom is -0.323 e. The van der Waals surface area contributed by atoms with E-state index in [0.717, 1.165) is 19.3 Å². The number of allylic oxidation sites excluding steroid dienone is 4. The Morgan fingerprint density at radius 3 is 2.79 bits per heavy atom. The van der Waals surface area contributed by atoms with Crippen molar-refractivity contribution in [2.75, 3.05) is 0 Å². The number of carbonyl (C=O) groups excluding carboxylic acids is 2. The molecule has 1 fully saturated rings. The molecule has 0 saturated carbocycles. The van der Waals surface area contributed by atoms with E-state index in [4.69, 9.17) is 0 Å². The van der Waals surface area contributed by atoms with Gasteiger partial charge >= 0.3 is 0 Å². The largest absolute Gasteiger partial charge is 0.323 e. The van der Waals surface area contributed by atoms with Gasteiger partial charge in [-0.15, -0.1) is 0 Å². The van der Waals surface area contributed by atoms with E-state index >= 15 is 0 Å². The van der Waals surface area contributed by atoms with Crippen LogP contribution in [0.2, 0.25) is 0 Å². The summed E-state index contributed by atoms with van der Waals surface area (Å²) in [5.41, 5.74) is 0.510. The van der Waals surface area contributed by atoms with Crippen molar-refractivity contribution in [1.82, 2.24) is 5.32 Å². The second kappa shape index (κ2) is 3.78. The van der Waals surface area contributed by atoms with Crippen LogP contribution < -0.4 is 5.32 Å². The number of rotatable bonds is 1. The monoisotopic (exact) mass is 191 g/mol. The molecule has 0 radical (unpaired) electrons. The lowest BCUT2D eigenvalue weighted by Crippen LogP contribution is -2.14. The Morgan fingerprint density at radius 1 is 1.36 bits per heavy atom. The minimum atomic E-state index is -0.174. The quantitative estimate of drug-likeness (QED) is 0.386. The zero-order chi connectivity index (χ0) is 9.97. The van der Waals surface area contributed by atoms with Gasteiger partial charge < -0.3 is 5.32 Å². The van der Waals surface area contributed by atoms with Crippen LogP contribution in [-0.2, 0) is 9.59 Å². The predicted molar refractivity (Wildman–Crippen MR) is 52.3 cm³/mol. The fourth-order valence-electron chi connectivity index (χ4n) is 1.84. The van der Waals surface area contributed by atoms with Crippen LogP contribution in [0.4, 0.5) is 0 Å². The standard InChI is InChI=1S/C11H13NO2/c13-10-7-11(14)12-9(10)6-8-4-2-1-3-5-8/h1-2,6,8H,3-5,7H2,(H,12,14)/b9-6-. The highest BCUT2D eigenvalue weighted by Crippen LogP contribution is 2.21. The Balaban J connectivity index is 2.06. The van der Waals surface area contributed by atoms with Crippen LogP contribution in [0.1, 0.15) is 25.7 Å².